The van der Waals surface area contributed by atoms with Gasteiger partial charge in [0.25, 0.3) is 0 Å². The Bertz CT molecular complexity index is 1100. The van der Waals surface area contributed by atoms with Crippen LogP contribution < -0.4 is 0 Å². The molecule has 0 aliphatic carbocycles. The maximum Gasteiger partial charge on any atom is 0.306 e. The normalized spacial score (nSPS) is 12.5. The van der Waals surface area contributed by atoms with Crippen LogP contribution in [0, 0.1) is 0 Å². The Balaban J connectivity index is 4.50. The largest absolute Gasteiger partial charge is 0.462 e. The molecule has 0 rings (SSSR count). The van der Waals surface area contributed by atoms with Crippen LogP contribution in [0.2, 0.25) is 0 Å². The van der Waals surface area contributed by atoms with Crippen molar-refractivity contribution < 1.29 is 28.6 Å². The molecule has 0 saturated heterocycles. The van der Waals surface area contributed by atoms with Gasteiger partial charge in [0.05, 0.1) is 0 Å². The lowest BCUT2D eigenvalue weighted by Gasteiger charge is -2.18. The zero-order valence-electron chi connectivity index (χ0n) is 39.5. The van der Waals surface area contributed by atoms with E-state index < -0.39 is 6.10 Å². The monoisotopic (exact) mass is 839 g/mol. The molecule has 0 aliphatic heterocycles. The van der Waals surface area contributed by atoms with Crippen molar-refractivity contribution in [1.29, 1.82) is 0 Å². The summed E-state index contributed by atoms with van der Waals surface area (Å²) in [5.41, 5.74) is 0. The van der Waals surface area contributed by atoms with Crippen LogP contribution in [0.15, 0.2) is 60.8 Å². The molecule has 0 saturated carbocycles. The molecule has 0 aromatic rings. The summed E-state index contributed by atoms with van der Waals surface area (Å²) in [6.45, 7) is 6.53. The van der Waals surface area contributed by atoms with Crippen LogP contribution in [-0.4, -0.2) is 37.2 Å². The van der Waals surface area contributed by atoms with Crippen LogP contribution in [-0.2, 0) is 28.6 Å². The van der Waals surface area contributed by atoms with Gasteiger partial charge in [0, 0.05) is 19.3 Å². The van der Waals surface area contributed by atoms with Crippen molar-refractivity contribution in [3.05, 3.63) is 60.8 Å². The van der Waals surface area contributed by atoms with Crippen molar-refractivity contribution in [3.8, 4) is 0 Å². The molecule has 0 fully saturated rings. The van der Waals surface area contributed by atoms with E-state index in [1.807, 2.05) is 6.08 Å². The quantitative estimate of drug-likeness (QED) is 0.0200. The van der Waals surface area contributed by atoms with E-state index >= 15 is 0 Å². The highest BCUT2D eigenvalue weighted by Crippen LogP contribution is 2.12. The number of carbonyl (C=O) groups excluding carboxylic acids is 3. The second-order valence-electron chi connectivity index (χ2n) is 16.7. The fourth-order valence-electron chi connectivity index (χ4n) is 6.89. The fourth-order valence-corrected chi connectivity index (χ4v) is 6.89. The molecule has 0 N–H and O–H groups in total. The summed E-state index contributed by atoms with van der Waals surface area (Å²) in [4.78, 5) is 37.8. The second kappa shape index (κ2) is 48.8. The van der Waals surface area contributed by atoms with Gasteiger partial charge in [-0.05, 0) is 89.9 Å². The molecule has 0 spiro atoms. The van der Waals surface area contributed by atoms with Crippen molar-refractivity contribution >= 4 is 17.9 Å². The molecule has 0 radical (unpaired) electrons. The lowest BCUT2D eigenvalue weighted by atomic mass is 10.1. The molecule has 6 nitrogen and oxygen atoms in total. The Labute approximate surface area is 370 Å². The first kappa shape index (κ1) is 57.1. The maximum atomic E-state index is 12.7. The molecule has 0 bridgehead atoms. The summed E-state index contributed by atoms with van der Waals surface area (Å²) in [5.74, 6) is -1.02. The predicted octanol–water partition coefficient (Wildman–Crippen LogP) is 16.5. The zero-order valence-corrected chi connectivity index (χ0v) is 39.5. The van der Waals surface area contributed by atoms with Gasteiger partial charge < -0.3 is 14.2 Å². The third kappa shape index (κ3) is 46.2. The molecular weight excluding hydrogens is 745 g/mol. The van der Waals surface area contributed by atoms with E-state index in [1.165, 1.54) is 122 Å². The van der Waals surface area contributed by atoms with Gasteiger partial charge >= 0.3 is 17.9 Å². The molecule has 0 aromatic carbocycles. The van der Waals surface area contributed by atoms with Gasteiger partial charge in [0.2, 0.25) is 0 Å². The van der Waals surface area contributed by atoms with E-state index in [9.17, 15) is 14.4 Å². The standard InChI is InChI=1S/C54H94O6/c1-4-7-10-13-16-19-22-25-26-27-30-32-35-38-41-44-47-53(56)59-50-51(60-54(57)48-45-42-39-36-33-29-24-21-18-15-12-9-6-3)49-58-52(55)46-43-40-37-34-31-28-23-20-17-14-11-8-5-2/h26-33,39,42,51H,4-25,34-38,40-41,43-50H2,1-3H3/b27-26+,31-28+,32-30+,33-29+,42-39+. The van der Waals surface area contributed by atoms with Crippen molar-refractivity contribution in [2.75, 3.05) is 13.2 Å². The molecule has 60 heavy (non-hydrogen) atoms. The number of rotatable bonds is 45. The van der Waals surface area contributed by atoms with Crippen molar-refractivity contribution in [1.82, 2.24) is 0 Å². The highest BCUT2D eigenvalue weighted by molar-refractivity contribution is 5.71. The van der Waals surface area contributed by atoms with Crippen LogP contribution in [0.4, 0.5) is 0 Å². The van der Waals surface area contributed by atoms with Gasteiger partial charge in [-0.25, -0.2) is 0 Å². The number of carbonyl (C=O) groups is 3. The highest BCUT2D eigenvalue weighted by Gasteiger charge is 2.19. The minimum absolute atomic E-state index is 0.113. The zero-order chi connectivity index (χ0) is 43.7. The molecule has 0 aliphatic rings. The molecule has 0 aromatic heterocycles. The first-order chi connectivity index (χ1) is 29.5. The van der Waals surface area contributed by atoms with E-state index in [2.05, 4.69) is 75.5 Å². The lowest BCUT2D eigenvalue weighted by Crippen LogP contribution is -2.30. The van der Waals surface area contributed by atoms with Crippen molar-refractivity contribution in [2.45, 2.75) is 252 Å². The number of ether oxygens (including phenoxy) is 3. The number of hydrogen-bond acceptors (Lipinski definition) is 6. The van der Waals surface area contributed by atoms with Crippen molar-refractivity contribution in [3.63, 3.8) is 0 Å². The molecule has 346 valence electrons. The van der Waals surface area contributed by atoms with Gasteiger partial charge in [-0.2, -0.15) is 0 Å². The number of hydrogen-bond donors (Lipinski definition) is 0. The summed E-state index contributed by atoms with van der Waals surface area (Å²) >= 11 is 0. The first-order valence-electron chi connectivity index (χ1n) is 25.3. The van der Waals surface area contributed by atoms with Gasteiger partial charge in [0.15, 0.2) is 6.10 Å². The average molecular weight is 839 g/mol. The van der Waals surface area contributed by atoms with Crippen LogP contribution in [0.25, 0.3) is 0 Å². The topological polar surface area (TPSA) is 78.9 Å². The molecule has 1 atom stereocenters. The Morgan fingerprint density at radius 2 is 0.683 bits per heavy atom. The van der Waals surface area contributed by atoms with Crippen LogP contribution >= 0.6 is 0 Å². The Morgan fingerprint density at radius 3 is 1.10 bits per heavy atom. The van der Waals surface area contributed by atoms with Crippen molar-refractivity contribution in [2.24, 2.45) is 0 Å². The Hall–Kier alpha value is -2.89. The van der Waals surface area contributed by atoms with E-state index in [-0.39, 0.29) is 37.5 Å². The van der Waals surface area contributed by atoms with Gasteiger partial charge in [-0.15, -0.1) is 0 Å². The maximum absolute atomic E-state index is 12.7. The summed E-state index contributed by atoms with van der Waals surface area (Å²) in [7, 11) is 0. The van der Waals surface area contributed by atoms with Gasteiger partial charge in [0.1, 0.15) is 13.2 Å². The first-order valence-corrected chi connectivity index (χ1v) is 25.3. The third-order valence-corrected chi connectivity index (χ3v) is 10.8. The average Bonchev–Trinajstić information content (AvgIpc) is 3.24. The van der Waals surface area contributed by atoms with Crippen LogP contribution in [0.1, 0.15) is 245 Å². The molecule has 6 heteroatoms. The minimum atomic E-state index is -0.819. The Morgan fingerprint density at radius 1 is 0.350 bits per heavy atom. The predicted molar refractivity (Wildman–Crippen MR) is 256 cm³/mol. The molecule has 1 unspecified atom stereocenters. The lowest BCUT2D eigenvalue weighted by molar-refractivity contribution is -0.166. The summed E-state index contributed by atoms with van der Waals surface area (Å²) in [6.07, 6.45) is 59.3. The van der Waals surface area contributed by atoms with Crippen LogP contribution in [0.5, 0.6) is 0 Å². The van der Waals surface area contributed by atoms with E-state index in [4.69, 9.17) is 14.2 Å². The number of esters is 3. The SMILES string of the molecule is CCCCCCCC/C=C/C/C=C/CCC(=O)OC(COC(=O)CCCCC/C=C/C=C/CCCCCCCCC)COC(=O)CCCCC/C=C/CCCCCCCC. The number of allylic oxidation sites excluding steroid dienone is 10. The highest BCUT2D eigenvalue weighted by atomic mass is 16.6. The molecule has 0 amide bonds. The summed E-state index contributed by atoms with van der Waals surface area (Å²) in [5, 5.41) is 0. The molecule has 0 heterocycles. The summed E-state index contributed by atoms with van der Waals surface area (Å²) in [6, 6.07) is 0. The second-order valence-corrected chi connectivity index (χ2v) is 16.7. The van der Waals surface area contributed by atoms with Gasteiger partial charge in [-0.1, -0.05) is 197 Å². The van der Waals surface area contributed by atoms with Crippen LogP contribution in [0.3, 0.4) is 0 Å². The fraction of sp³-hybridized carbons (Fsp3) is 0.759. The van der Waals surface area contributed by atoms with Gasteiger partial charge in [-0.3, -0.25) is 14.4 Å². The smallest absolute Gasteiger partial charge is 0.306 e. The molecular formula is C54H94O6. The van der Waals surface area contributed by atoms with E-state index in [0.29, 0.717) is 19.3 Å². The summed E-state index contributed by atoms with van der Waals surface area (Å²) < 4.78 is 16.7. The third-order valence-electron chi connectivity index (χ3n) is 10.8. The van der Waals surface area contributed by atoms with E-state index in [0.717, 1.165) is 77.0 Å². The number of unbranched alkanes of at least 4 members (excludes halogenated alkanes) is 25. The van der Waals surface area contributed by atoms with E-state index in [1.54, 1.807) is 0 Å². The minimum Gasteiger partial charge on any atom is -0.462 e. The Kier molecular flexibility index (Phi) is 46.4.